The second-order valence-electron chi connectivity index (χ2n) is 6.58. The van der Waals surface area contributed by atoms with E-state index < -0.39 is 0 Å². The topological polar surface area (TPSA) is 94.6 Å². The van der Waals surface area contributed by atoms with E-state index in [-0.39, 0.29) is 36.9 Å². The number of piperidine rings is 1. The van der Waals surface area contributed by atoms with Gasteiger partial charge in [-0.25, -0.2) is 4.98 Å². The summed E-state index contributed by atoms with van der Waals surface area (Å²) in [6, 6.07) is -0.192. The van der Waals surface area contributed by atoms with E-state index in [0.717, 1.165) is 30.0 Å². The molecule has 2 atom stereocenters. The number of aryl methyl sites for hydroxylation is 2. The summed E-state index contributed by atoms with van der Waals surface area (Å²) < 4.78 is 0. The van der Waals surface area contributed by atoms with Crippen LogP contribution in [0.3, 0.4) is 0 Å². The Hall–Kier alpha value is -1.51. The van der Waals surface area contributed by atoms with Crippen molar-refractivity contribution in [1.82, 2.24) is 15.2 Å². The minimum Gasteiger partial charge on any atom is -0.394 e. The molecule has 2 rings (SSSR count). The third-order valence-electron chi connectivity index (χ3n) is 4.58. The number of aliphatic hydroxyl groups excluding tert-OH is 1. The fourth-order valence-corrected chi connectivity index (χ4v) is 3.73. The normalized spacial score (nSPS) is 19.4. The highest BCUT2D eigenvalue weighted by Crippen LogP contribution is 2.21. The molecule has 0 spiro atoms. The van der Waals surface area contributed by atoms with Gasteiger partial charge in [0.2, 0.25) is 11.8 Å². The highest BCUT2D eigenvalue weighted by Gasteiger charge is 2.27. The predicted octanol–water partition coefficient (Wildman–Crippen LogP) is 1.30. The number of aliphatic hydroxyl groups is 1. The standard InChI is InChI=1S/C17H28N4O3S/c1-4-14(10-22)19-16(24)13-6-5-7-21(8-13)9-15(23)20-17-18-11(2)12(3)25-17/h13-14,22H,4-10H2,1-3H3,(H,19,24)(H,18,20,23). The first-order valence-electron chi connectivity index (χ1n) is 8.80. The summed E-state index contributed by atoms with van der Waals surface area (Å²) in [5, 5.41) is 15.6. The minimum atomic E-state index is -0.192. The lowest BCUT2D eigenvalue weighted by atomic mass is 9.96. The molecule has 140 valence electrons. The molecule has 1 fully saturated rings. The number of likely N-dealkylation sites (tertiary alicyclic amines) is 1. The first kappa shape index (κ1) is 19.8. The van der Waals surface area contributed by atoms with Gasteiger partial charge in [0.25, 0.3) is 0 Å². The molecule has 0 aromatic carbocycles. The lowest BCUT2D eigenvalue weighted by Crippen LogP contribution is -2.48. The van der Waals surface area contributed by atoms with Gasteiger partial charge in [-0.3, -0.25) is 14.5 Å². The predicted molar refractivity (Wildman–Crippen MR) is 98.7 cm³/mol. The first-order chi connectivity index (χ1) is 11.9. The molecule has 1 aromatic rings. The van der Waals surface area contributed by atoms with Gasteiger partial charge in [0.05, 0.1) is 30.8 Å². The van der Waals surface area contributed by atoms with Crippen LogP contribution in [0.5, 0.6) is 0 Å². The molecular weight excluding hydrogens is 340 g/mol. The zero-order chi connectivity index (χ0) is 18.4. The third-order valence-corrected chi connectivity index (χ3v) is 5.57. The maximum absolute atomic E-state index is 12.3. The van der Waals surface area contributed by atoms with E-state index in [1.54, 1.807) is 0 Å². The maximum atomic E-state index is 12.3. The molecule has 7 nitrogen and oxygen atoms in total. The molecule has 1 saturated heterocycles. The summed E-state index contributed by atoms with van der Waals surface area (Å²) in [6.45, 7) is 7.42. The summed E-state index contributed by atoms with van der Waals surface area (Å²) in [5.41, 5.74) is 0.935. The Morgan fingerprint density at radius 3 is 2.80 bits per heavy atom. The molecule has 0 aliphatic carbocycles. The van der Waals surface area contributed by atoms with E-state index >= 15 is 0 Å². The Morgan fingerprint density at radius 1 is 1.44 bits per heavy atom. The molecule has 1 aromatic heterocycles. The highest BCUT2D eigenvalue weighted by atomic mass is 32.1. The van der Waals surface area contributed by atoms with Crippen molar-refractivity contribution in [3.63, 3.8) is 0 Å². The largest absolute Gasteiger partial charge is 0.394 e. The SMILES string of the molecule is CCC(CO)NC(=O)C1CCCN(CC(=O)Nc2nc(C)c(C)s2)C1. The molecule has 0 radical (unpaired) electrons. The molecule has 8 heteroatoms. The van der Waals surface area contributed by atoms with Gasteiger partial charge < -0.3 is 15.7 Å². The summed E-state index contributed by atoms with van der Waals surface area (Å²) in [6.07, 6.45) is 2.40. The Morgan fingerprint density at radius 2 is 2.20 bits per heavy atom. The molecule has 25 heavy (non-hydrogen) atoms. The van der Waals surface area contributed by atoms with Crippen LogP contribution >= 0.6 is 11.3 Å². The lowest BCUT2D eigenvalue weighted by Gasteiger charge is -2.32. The quantitative estimate of drug-likeness (QED) is 0.674. The van der Waals surface area contributed by atoms with Crippen LogP contribution in [0, 0.1) is 19.8 Å². The summed E-state index contributed by atoms with van der Waals surface area (Å²) in [7, 11) is 0. The van der Waals surface area contributed by atoms with Crippen LogP contribution in [0.1, 0.15) is 36.8 Å². The number of rotatable bonds is 7. The van der Waals surface area contributed by atoms with E-state index in [1.165, 1.54) is 11.3 Å². The van der Waals surface area contributed by atoms with Crippen molar-refractivity contribution < 1.29 is 14.7 Å². The number of carbonyl (C=O) groups excluding carboxylic acids is 2. The lowest BCUT2D eigenvalue weighted by molar-refractivity contribution is -0.128. The van der Waals surface area contributed by atoms with Crippen molar-refractivity contribution >= 4 is 28.3 Å². The van der Waals surface area contributed by atoms with E-state index in [9.17, 15) is 14.7 Å². The van der Waals surface area contributed by atoms with Crippen LogP contribution in [-0.4, -0.2) is 59.1 Å². The molecule has 0 saturated carbocycles. The molecule has 0 bridgehead atoms. The van der Waals surface area contributed by atoms with Gasteiger partial charge >= 0.3 is 0 Å². The van der Waals surface area contributed by atoms with Crippen molar-refractivity contribution in [2.24, 2.45) is 5.92 Å². The van der Waals surface area contributed by atoms with Crippen LogP contribution in [0.4, 0.5) is 5.13 Å². The summed E-state index contributed by atoms with van der Waals surface area (Å²) in [5.74, 6) is -0.264. The Bertz CT molecular complexity index is 581. The molecule has 1 aliphatic heterocycles. The summed E-state index contributed by atoms with van der Waals surface area (Å²) in [4.78, 5) is 32.0. The summed E-state index contributed by atoms with van der Waals surface area (Å²) >= 11 is 1.47. The number of hydrogen-bond acceptors (Lipinski definition) is 6. The van der Waals surface area contributed by atoms with Crippen LogP contribution in [0.15, 0.2) is 0 Å². The van der Waals surface area contributed by atoms with Gasteiger partial charge in [0.15, 0.2) is 5.13 Å². The van der Waals surface area contributed by atoms with Crippen molar-refractivity contribution in [3.8, 4) is 0 Å². The van der Waals surface area contributed by atoms with E-state index in [0.29, 0.717) is 18.1 Å². The van der Waals surface area contributed by atoms with Crippen LogP contribution in [0.2, 0.25) is 0 Å². The Balaban J connectivity index is 1.83. The number of carbonyl (C=O) groups is 2. The third kappa shape index (κ3) is 5.76. The minimum absolute atomic E-state index is 0.0304. The number of nitrogens with zero attached hydrogens (tertiary/aromatic N) is 2. The Kier molecular flexibility index (Phi) is 7.34. The van der Waals surface area contributed by atoms with Gasteiger partial charge in [-0.15, -0.1) is 11.3 Å². The molecule has 1 aliphatic rings. The van der Waals surface area contributed by atoms with Crippen LogP contribution < -0.4 is 10.6 Å². The zero-order valence-electron chi connectivity index (χ0n) is 15.2. The van der Waals surface area contributed by atoms with Crippen LogP contribution in [0.25, 0.3) is 0 Å². The maximum Gasteiger partial charge on any atom is 0.240 e. The van der Waals surface area contributed by atoms with Crippen molar-refractivity contribution in [2.75, 3.05) is 31.6 Å². The fraction of sp³-hybridized carbons (Fsp3) is 0.706. The number of hydrogen-bond donors (Lipinski definition) is 3. The second kappa shape index (κ2) is 9.26. The van der Waals surface area contributed by atoms with Crippen molar-refractivity contribution in [2.45, 2.75) is 46.1 Å². The van der Waals surface area contributed by atoms with E-state index in [2.05, 4.69) is 15.6 Å². The van der Waals surface area contributed by atoms with Gasteiger partial charge in [-0.2, -0.15) is 0 Å². The smallest absolute Gasteiger partial charge is 0.240 e. The van der Waals surface area contributed by atoms with Gasteiger partial charge in [-0.05, 0) is 39.7 Å². The average molecular weight is 369 g/mol. The van der Waals surface area contributed by atoms with Gasteiger partial charge in [-0.1, -0.05) is 6.92 Å². The van der Waals surface area contributed by atoms with Crippen molar-refractivity contribution in [3.05, 3.63) is 10.6 Å². The molecule has 2 amide bonds. The fourth-order valence-electron chi connectivity index (χ4n) is 2.90. The second-order valence-corrected chi connectivity index (χ2v) is 7.78. The number of amides is 2. The van der Waals surface area contributed by atoms with Crippen molar-refractivity contribution in [1.29, 1.82) is 0 Å². The van der Waals surface area contributed by atoms with E-state index in [4.69, 9.17) is 0 Å². The highest BCUT2D eigenvalue weighted by molar-refractivity contribution is 7.15. The zero-order valence-corrected chi connectivity index (χ0v) is 16.0. The van der Waals surface area contributed by atoms with E-state index in [1.807, 2.05) is 25.7 Å². The number of thiazole rings is 1. The monoisotopic (exact) mass is 368 g/mol. The Labute approximate surface area is 152 Å². The molecular formula is C17H28N4O3S. The number of anilines is 1. The number of nitrogens with one attached hydrogen (secondary N) is 2. The van der Waals surface area contributed by atoms with Gasteiger partial charge in [0.1, 0.15) is 0 Å². The first-order valence-corrected chi connectivity index (χ1v) is 9.62. The van der Waals surface area contributed by atoms with Gasteiger partial charge in [0, 0.05) is 11.4 Å². The molecule has 2 unspecified atom stereocenters. The molecule has 2 heterocycles. The number of aromatic nitrogens is 1. The van der Waals surface area contributed by atoms with Crippen LogP contribution in [-0.2, 0) is 9.59 Å². The average Bonchev–Trinajstić information content (AvgIpc) is 2.89. The molecule has 3 N–H and O–H groups in total.